The highest BCUT2D eigenvalue weighted by Crippen LogP contribution is 2.15. The van der Waals surface area contributed by atoms with E-state index in [0.29, 0.717) is 0 Å². The number of hydrogen-bond donors (Lipinski definition) is 0. The number of aromatic nitrogens is 2. The molecule has 0 fully saturated rings. The Bertz CT molecular complexity index is 605. The maximum absolute atomic E-state index is 2.61. The standard InChI is InChI=1S/C37H73N2/c1-4-7-10-13-15-16-17-18-19-20-21-22-23-24-25-27-29-32-37-38(33-30-12-9-6-3)35-36-39(37)34-31-28-26-14-11-8-5-2/h35-36H,4-34H2,1-3H3/q+1. The van der Waals surface area contributed by atoms with E-state index < -0.39 is 0 Å². The average molecular weight is 546 g/mol. The highest BCUT2D eigenvalue weighted by Gasteiger charge is 2.16. The largest absolute Gasteiger partial charge is 0.256 e. The first-order valence-electron chi connectivity index (χ1n) is 18.4. The van der Waals surface area contributed by atoms with Gasteiger partial charge in [-0.2, -0.15) is 0 Å². The molecule has 0 spiro atoms. The number of hydrogen-bond acceptors (Lipinski definition) is 0. The zero-order valence-electron chi connectivity index (χ0n) is 27.5. The molecule has 1 heterocycles. The number of aryl methyl sites for hydroxylation is 2. The van der Waals surface area contributed by atoms with Crippen LogP contribution in [0.15, 0.2) is 12.4 Å². The molecule has 2 nitrogen and oxygen atoms in total. The van der Waals surface area contributed by atoms with Crippen LogP contribution in [0.2, 0.25) is 0 Å². The van der Waals surface area contributed by atoms with Gasteiger partial charge in [0.15, 0.2) is 0 Å². The minimum absolute atomic E-state index is 1.22. The summed E-state index contributed by atoms with van der Waals surface area (Å²) in [6.07, 6.45) is 46.0. The van der Waals surface area contributed by atoms with Crippen LogP contribution in [0.4, 0.5) is 0 Å². The SMILES string of the molecule is CCCCCCCCCCCCCCCCCCCc1n(CCCCCCCCC)cc[n+]1CCCCCC. The molecule has 0 N–H and O–H groups in total. The Morgan fingerprint density at radius 3 is 1.23 bits per heavy atom. The summed E-state index contributed by atoms with van der Waals surface area (Å²) >= 11 is 0. The van der Waals surface area contributed by atoms with Gasteiger partial charge in [-0.15, -0.1) is 0 Å². The summed E-state index contributed by atoms with van der Waals surface area (Å²) in [7, 11) is 0. The van der Waals surface area contributed by atoms with Crippen molar-refractivity contribution < 1.29 is 4.57 Å². The monoisotopic (exact) mass is 546 g/mol. The maximum atomic E-state index is 2.61. The Morgan fingerprint density at radius 1 is 0.436 bits per heavy atom. The van der Waals surface area contributed by atoms with E-state index in [4.69, 9.17) is 0 Å². The van der Waals surface area contributed by atoms with E-state index in [9.17, 15) is 0 Å². The smallest absolute Gasteiger partial charge is 0.234 e. The highest BCUT2D eigenvalue weighted by atomic mass is 15.1. The van der Waals surface area contributed by atoms with Gasteiger partial charge in [-0.1, -0.05) is 168 Å². The molecule has 1 aromatic rings. The van der Waals surface area contributed by atoms with Gasteiger partial charge < -0.3 is 0 Å². The Hall–Kier alpha value is -0.790. The third-order valence-corrected chi connectivity index (χ3v) is 8.85. The van der Waals surface area contributed by atoms with Crippen molar-refractivity contribution in [2.24, 2.45) is 0 Å². The van der Waals surface area contributed by atoms with Crippen molar-refractivity contribution in [1.29, 1.82) is 0 Å². The van der Waals surface area contributed by atoms with Crippen LogP contribution < -0.4 is 4.57 Å². The topological polar surface area (TPSA) is 8.81 Å². The lowest BCUT2D eigenvalue weighted by Gasteiger charge is -2.07. The fourth-order valence-corrected chi connectivity index (χ4v) is 6.15. The van der Waals surface area contributed by atoms with Crippen molar-refractivity contribution in [3.63, 3.8) is 0 Å². The molecule has 0 radical (unpaired) electrons. The lowest BCUT2D eigenvalue weighted by atomic mass is 10.0. The first-order chi connectivity index (χ1) is 19.3. The fraction of sp³-hybridized carbons (Fsp3) is 0.919. The molecular weight excluding hydrogens is 472 g/mol. The number of rotatable bonds is 31. The van der Waals surface area contributed by atoms with Gasteiger partial charge in [-0.25, -0.2) is 9.13 Å². The normalized spacial score (nSPS) is 11.6. The predicted molar refractivity (Wildman–Crippen MR) is 175 cm³/mol. The molecule has 0 amide bonds. The van der Waals surface area contributed by atoms with Gasteiger partial charge in [-0.3, -0.25) is 0 Å². The molecule has 0 aliphatic carbocycles. The van der Waals surface area contributed by atoms with Crippen LogP contribution in [-0.4, -0.2) is 4.57 Å². The van der Waals surface area contributed by atoms with Crippen molar-refractivity contribution in [2.45, 2.75) is 220 Å². The van der Waals surface area contributed by atoms with Gasteiger partial charge >= 0.3 is 0 Å². The van der Waals surface area contributed by atoms with Crippen molar-refractivity contribution in [3.05, 3.63) is 18.2 Å². The fourth-order valence-electron chi connectivity index (χ4n) is 6.15. The van der Waals surface area contributed by atoms with Crippen molar-refractivity contribution in [2.75, 3.05) is 0 Å². The third-order valence-electron chi connectivity index (χ3n) is 8.85. The van der Waals surface area contributed by atoms with E-state index in [2.05, 4.69) is 42.3 Å². The highest BCUT2D eigenvalue weighted by molar-refractivity contribution is 4.84. The van der Waals surface area contributed by atoms with E-state index in [-0.39, 0.29) is 0 Å². The molecule has 0 aliphatic rings. The Kier molecular flexibility index (Phi) is 26.7. The van der Waals surface area contributed by atoms with E-state index >= 15 is 0 Å². The number of nitrogens with zero attached hydrogens (tertiary/aromatic N) is 2. The summed E-state index contributed by atoms with van der Waals surface area (Å²) in [5.74, 6) is 1.61. The Balaban J connectivity index is 2.13. The summed E-state index contributed by atoms with van der Waals surface area (Å²) in [5.41, 5.74) is 0. The van der Waals surface area contributed by atoms with Gasteiger partial charge in [-0.05, 0) is 32.1 Å². The zero-order valence-corrected chi connectivity index (χ0v) is 27.5. The molecule has 0 bridgehead atoms. The minimum atomic E-state index is 1.22. The van der Waals surface area contributed by atoms with Crippen LogP contribution in [0.3, 0.4) is 0 Å². The average Bonchev–Trinajstić information content (AvgIpc) is 3.33. The van der Waals surface area contributed by atoms with Crippen LogP contribution in [0.5, 0.6) is 0 Å². The second kappa shape index (κ2) is 28.7. The van der Waals surface area contributed by atoms with Gasteiger partial charge in [0.1, 0.15) is 12.4 Å². The predicted octanol–water partition coefficient (Wildman–Crippen LogP) is 12.3. The van der Waals surface area contributed by atoms with Crippen LogP contribution in [0, 0.1) is 0 Å². The third kappa shape index (κ3) is 21.6. The quantitative estimate of drug-likeness (QED) is 0.0648. The molecule has 0 aromatic carbocycles. The molecule has 0 atom stereocenters. The Morgan fingerprint density at radius 2 is 0.795 bits per heavy atom. The molecular formula is C37H73N2+. The summed E-state index contributed by atoms with van der Waals surface area (Å²) in [6, 6.07) is 0. The van der Waals surface area contributed by atoms with E-state index in [1.54, 1.807) is 5.82 Å². The zero-order chi connectivity index (χ0) is 28.1. The number of unbranched alkanes of at least 4 members (excludes halogenated alkanes) is 25. The van der Waals surface area contributed by atoms with E-state index in [1.807, 2.05) is 0 Å². The van der Waals surface area contributed by atoms with Crippen LogP contribution in [-0.2, 0) is 19.5 Å². The minimum Gasteiger partial charge on any atom is -0.234 e. The van der Waals surface area contributed by atoms with Gasteiger partial charge in [0.25, 0.3) is 5.82 Å². The summed E-state index contributed by atoms with van der Waals surface area (Å²) in [5, 5.41) is 0. The first kappa shape index (κ1) is 36.2. The molecule has 1 aromatic heterocycles. The maximum Gasteiger partial charge on any atom is 0.256 e. The van der Waals surface area contributed by atoms with Gasteiger partial charge in [0, 0.05) is 6.42 Å². The van der Waals surface area contributed by atoms with Crippen molar-refractivity contribution in [3.8, 4) is 0 Å². The number of imidazole rings is 1. The Labute approximate surface area is 247 Å². The van der Waals surface area contributed by atoms with E-state index in [1.165, 1.54) is 199 Å². The van der Waals surface area contributed by atoms with Crippen molar-refractivity contribution >= 4 is 0 Å². The molecule has 0 unspecified atom stereocenters. The second-order valence-corrected chi connectivity index (χ2v) is 12.7. The molecule has 230 valence electrons. The first-order valence-corrected chi connectivity index (χ1v) is 18.4. The van der Waals surface area contributed by atoms with Crippen LogP contribution in [0.25, 0.3) is 0 Å². The van der Waals surface area contributed by atoms with Gasteiger partial charge in [0.05, 0.1) is 13.1 Å². The molecule has 0 aliphatic heterocycles. The lowest BCUT2D eigenvalue weighted by Crippen LogP contribution is -2.37. The molecule has 2 heteroatoms. The molecule has 1 rings (SSSR count). The van der Waals surface area contributed by atoms with Crippen LogP contribution in [0.1, 0.15) is 206 Å². The lowest BCUT2D eigenvalue weighted by molar-refractivity contribution is -0.704. The van der Waals surface area contributed by atoms with Crippen LogP contribution >= 0.6 is 0 Å². The van der Waals surface area contributed by atoms with Gasteiger partial charge in [0.2, 0.25) is 0 Å². The van der Waals surface area contributed by atoms with Crippen molar-refractivity contribution in [1.82, 2.24) is 4.57 Å². The molecule has 0 saturated heterocycles. The molecule has 0 saturated carbocycles. The van der Waals surface area contributed by atoms with E-state index in [0.717, 1.165) is 0 Å². The summed E-state index contributed by atoms with van der Waals surface area (Å²) < 4.78 is 5.21. The summed E-state index contributed by atoms with van der Waals surface area (Å²) in [6.45, 7) is 9.38. The molecule has 39 heavy (non-hydrogen) atoms. The summed E-state index contributed by atoms with van der Waals surface area (Å²) in [4.78, 5) is 0. The second-order valence-electron chi connectivity index (χ2n) is 12.7.